The molecule has 1 unspecified atom stereocenters. The van der Waals surface area contributed by atoms with E-state index in [4.69, 9.17) is 0 Å². The SMILES string of the molecule is O=[N+]([O-])CC(n1cccn1)C(F)(F)F. The lowest BCUT2D eigenvalue weighted by Crippen LogP contribution is -2.32. The maximum atomic E-state index is 12.3. The summed E-state index contributed by atoms with van der Waals surface area (Å²) in [5, 5.41) is 13.3. The fourth-order valence-corrected chi connectivity index (χ4v) is 0.943. The van der Waals surface area contributed by atoms with Gasteiger partial charge in [-0.15, -0.1) is 0 Å². The van der Waals surface area contributed by atoms with Gasteiger partial charge in [-0.1, -0.05) is 0 Å². The van der Waals surface area contributed by atoms with Crippen LogP contribution in [0, 0.1) is 10.1 Å². The van der Waals surface area contributed by atoms with E-state index in [1.165, 1.54) is 6.07 Å². The van der Waals surface area contributed by atoms with E-state index < -0.39 is 23.7 Å². The monoisotopic (exact) mass is 209 g/mol. The fourth-order valence-electron chi connectivity index (χ4n) is 0.943. The summed E-state index contributed by atoms with van der Waals surface area (Å²) >= 11 is 0. The average molecular weight is 209 g/mol. The maximum absolute atomic E-state index is 12.3. The topological polar surface area (TPSA) is 61.0 Å². The van der Waals surface area contributed by atoms with Gasteiger partial charge in [-0.3, -0.25) is 14.8 Å². The summed E-state index contributed by atoms with van der Waals surface area (Å²) in [5.41, 5.74) is 0. The number of nitrogens with zero attached hydrogens (tertiary/aromatic N) is 3. The standard InChI is InChI=1S/C6H6F3N3O2/c7-6(8,9)5(4-12(13)14)11-3-1-2-10-11/h1-3,5H,4H2. The predicted octanol–water partition coefficient (Wildman–Crippen LogP) is 1.26. The van der Waals surface area contributed by atoms with Gasteiger partial charge in [-0.05, 0) is 6.07 Å². The van der Waals surface area contributed by atoms with Gasteiger partial charge in [-0.2, -0.15) is 18.3 Å². The van der Waals surface area contributed by atoms with Crippen molar-refractivity contribution in [1.29, 1.82) is 0 Å². The molecule has 1 aromatic heterocycles. The van der Waals surface area contributed by atoms with Gasteiger partial charge in [0.1, 0.15) is 0 Å². The first kappa shape index (κ1) is 10.5. The minimum atomic E-state index is -4.67. The molecule has 0 amide bonds. The zero-order valence-electron chi connectivity index (χ0n) is 6.81. The Morgan fingerprint density at radius 2 is 2.21 bits per heavy atom. The van der Waals surface area contributed by atoms with Gasteiger partial charge in [-0.25, -0.2) is 0 Å². The second-order valence-corrected chi connectivity index (χ2v) is 2.56. The lowest BCUT2D eigenvalue weighted by atomic mass is 10.3. The molecular weight excluding hydrogens is 203 g/mol. The molecule has 0 spiro atoms. The Morgan fingerprint density at radius 3 is 2.57 bits per heavy atom. The van der Waals surface area contributed by atoms with Crippen LogP contribution in [0.1, 0.15) is 6.04 Å². The van der Waals surface area contributed by atoms with Crippen molar-refractivity contribution in [3.05, 3.63) is 28.6 Å². The van der Waals surface area contributed by atoms with Gasteiger partial charge in [0.2, 0.25) is 12.6 Å². The molecule has 5 nitrogen and oxygen atoms in total. The van der Waals surface area contributed by atoms with Crippen LogP contribution in [0.25, 0.3) is 0 Å². The molecule has 14 heavy (non-hydrogen) atoms. The summed E-state index contributed by atoms with van der Waals surface area (Å²) in [6, 6.07) is -0.925. The molecule has 1 aromatic rings. The van der Waals surface area contributed by atoms with E-state index in [9.17, 15) is 23.3 Å². The Hall–Kier alpha value is -1.60. The molecule has 8 heteroatoms. The normalized spacial score (nSPS) is 13.9. The van der Waals surface area contributed by atoms with Gasteiger partial charge in [0.05, 0.1) is 0 Å². The molecule has 1 heterocycles. The van der Waals surface area contributed by atoms with Crippen LogP contribution in [0.3, 0.4) is 0 Å². The van der Waals surface area contributed by atoms with E-state index in [0.29, 0.717) is 4.68 Å². The Balaban J connectivity index is 2.89. The van der Waals surface area contributed by atoms with Crippen molar-refractivity contribution in [1.82, 2.24) is 9.78 Å². The van der Waals surface area contributed by atoms with Crippen molar-refractivity contribution < 1.29 is 18.1 Å². The van der Waals surface area contributed by atoms with Crippen LogP contribution >= 0.6 is 0 Å². The maximum Gasteiger partial charge on any atom is 0.417 e. The Bertz CT molecular complexity index is 309. The van der Waals surface area contributed by atoms with Crippen molar-refractivity contribution in [3.63, 3.8) is 0 Å². The minimum Gasteiger partial charge on any atom is -0.264 e. The number of aromatic nitrogens is 2. The quantitative estimate of drug-likeness (QED) is 0.556. The summed E-state index contributed by atoms with van der Waals surface area (Å²) in [7, 11) is 0. The van der Waals surface area contributed by atoms with E-state index in [1.54, 1.807) is 0 Å². The first-order valence-electron chi connectivity index (χ1n) is 3.59. The largest absolute Gasteiger partial charge is 0.417 e. The fraction of sp³-hybridized carbons (Fsp3) is 0.500. The molecule has 0 bridgehead atoms. The van der Waals surface area contributed by atoms with Crippen molar-refractivity contribution in [3.8, 4) is 0 Å². The van der Waals surface area contributed by atoms with E-state index >= 15 is 0 Å². The van der Waals surface area contributed by atoms with Gasteiger partial charge >= 0.3 is 6.18 Å². The summed E-state index contributed by atoms with van der Waals surface area (Å²) in [6.45, 7) is -1.22. The third-order valence-corrected chi connectivity index (χ3v) is 1.54. The zero-order valence-corrected chi connectivity index (χ0v) is 6.81. The number of nitro groups is 1. The van der Waals surface area contributed by atoms with Crippen LogP contribution in [0.2, 0.25) is 0 Å². The third kappa shape index (κ3) is 2.44. The molecule has 0 aliphatic heterocycles. The number of hydrogen-bond acceptors (Lipinski definition) is 3. The number of hydrogen-bond donors (Lipinski definition) is 0. The van der Waals surface area contributed by atoms with Crippen LogP contribution < -0.4 is 0 Å². The number of alkyl halides is 3. The van der Waals surface area contributed by atoms with Crippen LogP contribution in [0.15, 0.2) is 18.5 Å². The first-order chi connectivity index (χ1) is 6.41. The highest BCUT2D eigenvalue weighted by molar-refractivity contribution is 4.84. The van der Waals surface area contributed by atoms with Gasteiger partial charge in [0.15, 0.2) is 0 Å². The summed E-state index contributed by atoms with van der Waals surface area (Å²) in [4.78, 5) is 9.00. The van der Waals surface area contributed by atoms with Gasteiger partial charge < -0.3 is 0 Å². The highest BCUT2D eigenvalue weighted by Crippen LogP contribution is 2.29. The van der Waals surface area contributed by atoms with Gasteiger partial charge in [0.25, 0.3) is 0 Å². The molecular formula is C6H6F3N3O2. The lowest BCUT2D eigenvalue weighted by molar-refractivity contribution is -0.495. The Kier molecular flexibility index (Phi) is 2.73. The summed E-state index contributed by atoms with van der Waals surface area (Å²) in [6.07, 6.45) is -2.49. The molecule has 0 aliphatic rings. The smallest absolute Gasteiger partial charge is 0.264 e. The molecule has 0 aromatic carbocycles. The molecule has 1 atom stereocenters. The average Bonchev–Trinajstić information content (AvgIpc) is 2.49. The zero-order chi connectivity index (χ0) is 10.8. The molecule has 0 aliphatic carbocycles. The highest BCUT2D eigenvalue weighted by Gasteiger charge is 2.45. The molecule has 1 rings (SSSR count). The number of halogens is 3. The Labute approximate surface area is 76.3 Å². The van der Waals surface area contributed by atoms with Crippen LogP contribution in [0.5, 0.6) is 0 Å². The number of rotatable bonds is 3. The van der Waals surface area contributed by atoms with Crippen molar-refractivity contribution >= 4 is 0 Å². The van der Waals surface area contributed by atoms with E-state index in [0.717, 1.165) is 12.4 Å². The van der Waals surface area contributed by atoms with Crippen LogP contribution in [-0.2, 0) is 0 Å². The summed E-state index contributed by atoms with van der Waals surface area (Å²) in [5.74, 6) is 0. The van der Waals surface area contributed by atoms with Crippen LogP contribution in [-0.4, -0.2) is 27.4 Å². The third-order valence-electron chi connectivity index (χ3n) is 1.54. The van der Waals surface area contributed by atoms with E-state index in [1.807, 2.05) is 0 Å². The lowest BCUT2D eigenvalue weighted by Gasteiger charge is -2.16. The minimum absolute atomic E-state index is 0.531. The molecule has 0 saturated carbocycles. The summed E-state index contributed by atoms with van der Waals surface area (Å²) < 4.78 is 37.4. The Morgan fingerprint density at radius 1 is 1.57 bits per heavy atom. The second-order valence-electron chi connectivity index (χ2n) is 2.56. The highest BCUT2D eigenvalue weighted by atomic mass is 19.4. The molecule has 78 valence electrons. The molecule has 0 radical (unpaired) electrons. The van der Waals surface area contributed by atoms with E-state index in [-0.39, 0.29) is 0 Å². The van der Waals surface area contributed by atoms with Crippen molar-refractivity contribution in [2.45, 2.75) is 12.2 Å². The molecule has 0 fully saturated rings. The van der Waals surface area contributed by atoms with Gasteiger partial charge in [0, 0.05) is 17.3 Å². The predicted molar refractivity (Wildman–Crippen MR) is 39.2 cm³/mol. The molecule has 0 saturated heterocycles. The van der Waals surface area contributed by atoms with Crippen molar-refractivity contribution in [2.75, 3.05) is 6.54 Å². The second kappa shape index (κ2) is 3.64. The van der Waals surface area contributed by atoms with Crippen molar-refractivity contribution in [2.24, 2.45) is 0 Å². The van der Waals surface area contributed by atoms with Crippen LogP contribution in [0.4, 0.5) is 13.2 Å². The van der Waals surface area contributed by atoms with E-state index in [2.05, 4.69) is 5.10 Å². The molecule has 0 N–H and O–H groups in total. The first-order valence-corrected chi connectivity index (χ1v) is 3.59.